The molecule has 3 aromatic heterocycles. The number of aromatic nitrogens is 5. The van der Waals surface area contributed by atoms with E-state index in [2.05, 4.69) is 45.0 Å². The van der Waals surface area contributed by atoms with Crippen molar-refractivity contribution in [3.05, 3.63) is 42.1 Å². The van der Waals surface area contributed by atoms with E-state index in [0.717, 1.165) is 36.4 Å². The number of rotatable bonds is 5. The second-order valence-corrected chi connectivity index (χ2v) is 7.16. The van der Waals surface area contributed by atoms with Crippen molar-refractivity contribution in [1.29, 1.82) is 0 Å². The van der Waals surface area contributed by atoms with E-state index in [9.17, 15) is 5.11 Å². The van der Waals surface area contributed by atoms with E-state index in [1.165, 1.54) is 5.56 Å². The molecule has 1 aliphatic rings. The van der Waals surface area contributed by atoms with E-state index in [-0.39, 0.29) is 12.5 Å². The van der Waals surface area contributed by atoms with Gasteiger partial charge in [0.2, 0.25) is 0 Å². The van der Waals surface area contributed by atoms with Crippen LogP contribution in [0.25, 0.3) is 11.2 Å². The van der Waals surface area contributed by atoms with Crippen molar-refractivity contribution in [2.45, 2.75) is 32.4 Å². The quantitative estimate of drug-likeness (QED) is 0.742. The summed E-state index contributed by atoms with van der Waals surface area (Å²) >= 11 is 0. The molecule has 132 valence electrons. The minimum Gasteiger partial charge on any atom is -0.396 e. The standard InChI is InChI=1S/C18H24N6O/c1-12(2)24-9-13(6-22-24)16-10-23(8-15(16)11-25)7-14-5-21-18-17(14)19-3-4-20-18/h3-6,9,12,15-16,25H,7-8,10-11H2,1-2H3,(H,20,21)/t15-,16-/m0/s1. The maximum Gasteiger partial charge on any atom is 0.156 e. The average Bonchev–Trinajstić information content (AvgIpc) is 3.33. The summed E-state index contributed by atoms with van der Waals surface area (Å²) in [4.78, 5) is 14.3. The lowest BCUT2D eigenvalue weighted by atomic mass is 9.92. The third kappa shape index (κ3) is 3.05. The first-order chi connectivity index (χ1) is 12.2. The van der Waals surface area contributed by atoms with Gasteiger partial charge in [-0.05, 0) is 19.4 Å². The van der Waals surface area contributed by atoms with Crippen molar-refractivity contribution in [2.75, 3.05) is 19.7 Å². The number of hydrogen-bond acceptors (Lipinski definition) is 5. The lowest BCUT2D eigenvalue weighted by Gasteiger charge is -2.14. The molecule has 7 heteroatoms. The van der Waals surface area contributed by atoms with Gasteiger partial charge in [0.1, 0.15) is 5.52 Å². The molecule has 0 radical (unpaired) electrons. The number of aliphatic hydroxyl groups is 1. The molecule has 0 aliphatic carbocycles. The summed E-state index contributed by atoms with van der Waals surface area (Å²) in [5.41, 5.74) is 4.12. The lowest BCUT2D eigenvalue weighted by Crippen LogP contribution is -2.20. The van der Waals surface area contributed by atoms with Crippen LogP contribution in [-0.4, -0.2) is 54.4 Å². The average molecular weight is 340 g/mol. The van der Waals surface area contributed by atoms with Crippen LogP contribution >= 0.6 is 0 Å². The normalized spacial score (nSPS) is 21.6. The van der Waals surface area contributed by atoms with E-state index in [1.807, 2.05) is 17.1 Å². The Morgan fingerprint density at radius 3 is 2.88 bits per heavy atom. The maximum atomic E-state index is 9.85. The second-order valence-electron chi connectivity index (χ2n) is 7.16. The molecule has 0 spiro atoms. The predicted molar refractivity (Wildman–Crippen MR) is 95.1 cm³/mol. The molecule has 25 heavy (non-hydrogen) atoms. The predicted octanol–water partition coefficient (Wildman–Crippen LogP) is 1.94. The molecule has 1 fully saturated rings. The lowest BCUT2D eigenvalue weighted by molar-refractivity contribution is 0.214. The fourth-order valence-corrected chi connectivity index (χ4v) is 3.74. The Morgan fingerprint density at radius 1 is 1.28 bits per heavy atom. The Kier molecular flexibility index (Phi) is 4.27. The van der Waals surface area contributed by atoms with Crippen LogP contribution in [0.5, 0.6) is 0 Å². The van der Waals surface area contributed by atoms with Crippen LogP contribution in [0.2, 0.25) is 0 Å². The number of likely N-dealkylation sites (tertiary alicyclic amines) is 1. The van der Waals surface area contributed by atoms with Crippen molar-refractivity contribution >= 4 is 11.2 Å². The van der Waals surface area contributed by atoms with Gasteiger partial charge in [-0.3, -0.25) is 14.6 Å². The minimum absolute atomic E-state index is 0.196. The smallest absolute Gasteiger partial charge is 0.156 e. The Hall–Kier alpha value is -2.25. The molecule has 2 N–H and O–H groups in total. The van der Waals surface area contributed by atoms with Gasteiger partial charge in [-0.1, -0.05) is 0 Å². The Morgan fingerprint density at radius 2 is 2.12 bits per heavy atom. The van der Waals surface area contributed by atoms with Gasteiger partial charge in [0, 0.05) is 74.5 Å². The van der Waals surface area contributed by atoms with Crippen LogP contribution in [-0.2, 0) is 6.54 Å². The minimum atomic E-state index is 0.196. The fraction of sp³-hybridized carbons (Fsp3) is 0.500. The summed E-state index contributed by atoms with van der Waals surface area (Å²) in [6, 6.07) is 0.351. The van der Waals surface area contributed by atoms with Crippen LogP contribution in [0.1, 0.15) is 36.9 Å². The number of H-pyrrole nitrogens is 1. The first kappa shape index (κ1) is 16.2. The molecule has 0 aromatic carbocycles. The molecular formula is C18H24N6O. The van der Waals surface area contributed by atoms with Crippen molar-refractivity contribution < 1.29 is 5.11 Å². The third-order valence-electron chi connectivity index (χ3n) is 5.11. The first-order valence-electron chi connectivity index (χ1n) is 8.80. The highest BCUT2D eigenvalue weighted by Crippen LogP contribution is 2.33. The Labute approximate surface area is 146 Å². The first-order valence-corrected chi connectivity index (χ1v) is 8.80. The maximum absolute atomic E-state index is 9.85. The zero-order valence-electron chi connectivity index (χ0n) is 14.6. The number of hydrogen-bond donors (Lipinski definition) is 2. The molecule has 0 unspecified atom stereocenters. The van der Waals surface area contributed by atoms with Gasteiger partial charge in [0.25, 0.3) is 0 Å². The van der Waals surface area contributed by atoms with Crippen LogP contribution in [0.15, 0.2) is 31.0 Å². The third-order valence-corrected chi connectivity index (χ3v) is 5.11. The highest BCUT2D eigenvalue weighted by Gasteiger charge is 2.34. The van der Waals surface area contributed by atoms with E-state index in [0.29, 0.717) is 12.0 Å². The van der Waals surface area contributed by atoms with E-state index < -0.39 is 0 Å². The molecule has 7 nitrogen and oxygen atoms in total. The van der Waals surface area contributed by atoms with Crippen LogP contribution < -0.4 is 0 Å². The molecule has 4 rings (SSSR count). The number of nitrogens with zero attached hydrogens (tertiary/aromatic N) is 5. The van der Waals surface area contributed by atoms with Crippen molar-refractivity contribution in [3.63, 3.8) is 0 Å². The van der Waals surface area contributed by atoms with Crippen molar-refractivity contribution in [1.82, 2.24) is 29.6 Å². The van der Waals surface area contributed by atoms with Crippen molar-refractivity contribution in [3.8, 4) is 0 Å². The van der Waals surface area contributed by atoms with Crippen molar-refractivity contribution in [2.24, 2.45) is 5.92 Å². The summed E-state index contributed by atoms with van der Waals surface area (Å²) < 4.78 is 1.99. The van der Waals surface area contributed by atoms with Crippen LogP contribution in [0.3, 0.4) is 0 Å². The van der Waals surface area contributed by atoms with E-state index in [1.54, 1.807) is 12.4 Å². The van der Waals surface area contributed by atoms with Gasteiger partial charge in [-0.2, -0.15) is 5.10 Å². The summed E-state index contributed by atoms with van der Waals surface area (Å²) in [7, 11) is 0. The zero-order valence-corrected chi connectivity index (χ0v) is 14.6. The number of aliphatic hydroxyl groups excluding tert-OH is 1. The van der Waals surface area contributed by atoms with Gasteiger partial charge in [-0.15, -0.1) is 0 Å². The Balaban J connectivity index is 1.52. The van der Waals surface area contributed by atoms with Gasteiger partial charge in [0.05, 0.1) is 6.20 Å². The number of aromatic amines is 1. The highest BCUT2D eigenvalue weighted by molar-refractivity contribution is 5.74. The highest BCUT2D eigenvalue weighted by atomic mass is 16.3. The number of fused-ring (bicyclic) bond motifs is 1. The monoisotopic (exact) mass is 340 g/mol. The van der Waals surface area contributed by atoms with E-state index >= 15 is 0 Å². The second kappa shape index (κ2) is 6.57. The summed E-state index contributed by atoms with van der Waals surface area (Å²) in [5, 5.41) is 14.3. The molecule has 4 heterocycles. The molecule has 0 amide bonds. The summed E-state index contributed by atoms with van der Waals surface area (Å²) in [6.45, 7) is 7.05. The summed E-state index contributed by atoms with van der Waals surface area (Å²) in [6.07, 6.45) is 9.49. The molecule has 0 saturated carbocycles. The topological polar surface area (TPSA) is 82.9 Å². The largest absolute Gasteiger partial charge is 0.396 e. The van der Waals surface area contributed by atoms with Crippen LogP contribution in [0, 0.1) is 5.92 Å². The molecule has 0 bridgehead atoms. The summed E-state index contributed by atoms with van der Waals surface area (Å²) in [5.74, 6) is 0.551. The van der Waals surface area contributed by atoms with E-state index in [4.69, 9.17) is 0 Å². The van der Waals surface area contributed by atoms with Gasteiger partial charge < -0.3 is 10.1 Å². The SMILES string of the molecule is CC(C)n1cc([C@@H]2CN(Cc3c[nH]c4nccnc34)C[C@H]2CO)cn1. The van der Waals surface area contributed by atoms with Gasteiger partial charge in [-0.25, -0.2) is 4.98 Å². The molecule has 1 saturated heterocycles. The fourth-order valence-electron chi connectivity index (χ4n) is 3.74. The zero-order chi connectivity index (χ0) is 17.4. The van der Waals surface area contributed by atoms with Gasteiger partial charge >= 0.3 is 0 Å². The molecular weight excluding hydrogens is 316 g/mol. The Bertz CT molecular complexity index is 854. The molecule has 2 atom stereocenters. The van der Waals surface area contributed by atoms with Crippen LogP contribution in [0.4, 0.5) is 0 Å². The van der Waals surface area contributed by atoms with Gasteiger partial charge in [0.15, 0.2) is 5.65 Å². The number of nitrogens with one attached hydrogen (secondary N) is 1. The molecule has 3 aromatic rings. The molecule has 1 aliphatic heterocycles.